The van der Waals surface area contributed by atoms with Gasteiger partial charge in [0.25, 0.3) is 0 Å². The molecular weight excluding hydrogens is 268 g/mol. The van der Waals surface area contributed by atoms with E-state index in [4.69, 9.17) is 14.2 Å². The van der Waals surface area contributed by atoms with Gasteiger partial charge in [-0.05, 0) is 30.7 Å². The first-order valence-corrected chi connectivity index (χ1v) is 6.85. The smallest absolute Gasteiger partial charge is 0.338 e. The summed E-state index contributed by atoms with van der Waals surface area (Å²) in [7, 11) is 0. The van der Waals surface area contributed by atoms with E-state index in [9.17, 15) is 4.79 Å². The van der Waals surface area contributed by atoms with Crippen molar-refractivity contribution in [1.29, 1.82) is 0 Å². The van der Waals surface area contributed by atoms with Crippen molar-refractivity contribution in [2.75, 3.05) is 13.2 Å². The van der Waals surface area contributed by atoms with Gasteiger partial charge < -0.3 is 14.2 Å². The Hall–Kier alpha value is -2.49. The van der Waals surface area contributed by atoms with Gasteiger partial charge in [0.05, 0.1) is 5.56 Å². The third kappa shape index (κ3) is 3.16. The lowest BCUT2D eigenvalue weighted by molar-refractivity contribution is 0.0471. The molecule has 1 aliphatic heterocycles. The fourth-order valence-electron chi connectivity index (χ4n) is 2.20. The van der Waals surface area contributed by atoms with E-state index in [1.807, 2.05) is 31.2 Å². The third-order valence-electron chi connectivity index (χ3n) is 3.23. The lowest BCUT2D eigenvalue weighted by Gasteiger charge is -2.18. The summed E-state index contributed by atoms with van der Waals surface area (Å²) in [4.78, 5) is 12.1. The van der Waals surface area contributed by atoms with Crippen LogP contribution in [0.15, 0.2) is 42.5 Å². The largest absolute Gasteiger partial charge is 0.486 e. The fraction of sp³-hybridized carbons (Fsp3) is 0.235. The van der Waals surface area contributed by atoms with Crippen LogP contribution >= 0.6 is 0 Å². The number of aryl methyl sites for hydroxylation is 1. The van der Waals surface area contributed by atoms with Crippen LogP contribution in [0.1, 0.15) is 21.5 Å². The fourth-order valence-corrected chi connectivity index (χ4v) is 2.20. The molecule has 3 rings (SSSR count). The van der Waals surface area contributed by atoms with Gasteiger partial charge in [0, 0.05) is 0 Å². The molecule has 0 aromatic heterocycles. The number of carbonyl (C=O) groups excluding carboxylic acids is 1. The number of ether oxygens (including phenoxy) is 3. The molecule has 0 N–H and O–H groups in total. The average molecular weight is 284 g/mol. The molecule has 1 aliphatic rings. The maximum atomic E-state index is 12.1. The maximum Gasteiger partial charge on any atom is 0.338 e. The van der Waals surface area contributed by atoms with Gasteiger partial charge in [-0.2, -0.15) is 0 Å². The van der Waals surface area contributed by atoms with E-state index in [1.54, 1.807) is 18.2 Å². The van der Waals surface area contributed by atoms with Crippen molar-refractivity contribution in [1.82, 2.24) is 0 Å². The highest BCUT2D eigenvalue weighted by Crippen LogP contribution is 2.30. The molecule has 0 amide bonds. The van der Waals surface area contributed by atoms with Gasteiger partial charge in [-0.25, -0.2) is 4.79 Å². The summed E-state index contributed by atoms with van der Waals surface area (Å²) in [5.41, 5.74) is 2.58. The monoisotopic (exact) mass is 284 g/mol. The number of rotatable bonds is 3. The second-order valence-electron chi connectivity index (χ2n) is 4.92. The minimum Gasteiger partial charge on any atom is -0.486 e. The van der Waals surface area contributed by atoms with Crippen LogP contribution < -0.4 is 9.47 Å². The molecule has 0 spiro atoms. The molecular formula is C17H16O4. The zero-order valence-corrected chi connectivity index (χ0v) is 11.8. The maximum absolute atomic E-state index is 12.1. The summed E-state index contributed by atoms with van der Waals surface area (Å²) >= 11 is 0. The highest BCUT2D eigenvalue weighted by molar-refractivity contribution is 5.90. The van der Waals surface area contributed by atoms with Crippen LogP contribution in [-0.4, -0.2) is 19.2 Å². The highest BCUT2D eigenvalue weighted by Gasteiger charge is 2.15. The van der Waals surface area contributed by atoms with E-state index >= 15 is 0 Å². The van der Waals surface area contributed by atoms with E-state index < -0.39 is 0 Å². The molecule has 0 aliphatic carbocycles. The first-order chi connectivity index (χ1) is 10.2. The topological polar surface area (TPSA) is 44.8 Å². The lowest BCUT2D eigenvalue weighted by atomic mass is 10.1. The van der Waals surface area contributed by atoms with Crippen molar-refractivity contribution in [2.45, 2.75) is 13.5 Å². The van der Waals surface area contributed by atoms with Gasteiger partial charge in [0.15, 0.2) is 11.5 Å². The Morgan fingerprint density at radius 2 is 1.90 bits per heavy atom. The molecule has 0 unspecified atom stereocenters. The molecule has 0 saturated carbocycles. The van der Waals surface area contributed by atoms with E-state index in [1.165, 1.54) is 0 Å². The Morgan fingerprint density at radius 1 is 1.10 bits per heavy atom. The van der Waals surface area contributed by atoms with Crippen molar-refractivity contribution in [3.8, 4) is 11.5 Å². The minimum absolute atomic E-state index is 0.259. The number of hydrogen-bond donors (Lipinski definition) is 0. The molecule has 0 atom stereocenters. The Morgan fingerprint density at radius 3 is 2.71 bits per heavy atom. The van der Waals surface area contributed by atoms with E-state index in [0.717, 1.165) is 11.1 Å². The number of hydrogen-bond acceptors (Lipinski definition) is 4. The Kier molecular flexibility index (Phi) is 3.77. The number of esters is 1. The Labute approximate surface area is 123 Å². The van der Waals surface area contributed by atoms with E-state index in [2.05, 4.69) is 0 Å². The summed E-state index contributed by atoms with van der Waals surface area (Å²) in [6, 6.07) is 13.0. The molecule has 0 saturated heterocycles. The molecule has 21 heavy (non-hydrogen) atoms. The first kappa shape index (κ1) is 13.5. The molecule has 2 aromatic rings. The summed E-state index contributed by atoms with van der Waals surface area (Å²) in [6.07, 6.45) is 0. The highest BCUT2D eigenvalue weighted by atomic mass is 16.6. The second kappa shape index (κ2) is 5.87. The van der Waals surface area contributed by atoms with Crippen LogP contribution in [-0.2, 0) is 11.3 Å². The third-order valence-corrected chi connectivity index (χ3v) is 3.23. The molecule has 0 bridgehead atoms. The molecule has 108 valence electrons. The summed E-state index contributed by atoms with van der Waals surface area (Å²) in [6.45, 7) is 3.29. The van der Waals surface area contributed by atoms with Gasteiger partial charge in [0.1, 0.15) is 19.8 Å². The van der Waals surface area contributed by atoms with Crippen LogP contribution in [0.4, 0.5) is 0 Å². The van der Waals surface area contributed by atoms with Crippen molar-refractivity contribution in [3.63, 3.8) is 0 Å². The van der Waals surface area contributed by atoms with Crippen LogP contribution in [0.25, 0.3) is 0 Å². The standard InChI is InChI=1S/C17H16O4/c1-12-3-2-4-13(9-12)11-21-17(18)14-5-6-15-16(10-14)20-8-7-19-15/h2-6,9-10H,7-8,11H2,1H3. The molecule has 4 heteroatoms. The van der Waals surface area contributed by atoms with E-state index in [0.29, 0.717) is 30.3 Å². The van der Waals surface area contributed by atoms with Gasteiger partial charge in [-0.1, -0.05) is 29.8 Å². The predicted molar refractivity (Wildman–Crippen MR) is 77.7 cm³/mol. The van der Waals surface area contributed by atoms with Gasteiger partial charge in [-0.15, -0.1) is 0 Å². The van der Waals surface area contributed by atoms with Crippen molar-refractivity contribution in [3.05, 3.63) is 59.2 Å². The normalized spacial score (nSPS) is 12.8. The molecule has 1 heterocycles. The predicted octanol–water partition coefficient (Wildman–Crippen LogP) is 3.12. The van der Waals surface area contributed by atoms with Gasteiger partial charge in [0.2, 0.25) is 0 Å². The number of fused-ring (bicyclic) bond motifs is 1. The summed E-state index contributed by atoms with van der Waals surface area (Å²) < 4.78 is 16.2. The molecule has 4 nitrogen and oxygen atoms in total. The van der Waals surface area contributed by atoms with Crippen LogP contribution in [0.2, 0.25) is 0 Å². The second-order valence-corrected chi connectivity index (χ2v) is 4.92. The number of benzene rings is 2. The quantitative estimate of drug-likeness (QED) is 0.812. The average Bonchev–Trinajstić information content (AvgIpc) is 2.52. The Bertz CT molecular complexity index is 664. The number of carbonyl (C=O) groups is 1. The van der Waals surface area contributed by atoms with Crippen LogP contribution in [0.3, 0.4) is 0 Å². The molecule has 2 aromatic carbocycles. The van der Waals surface area contributed by atoms with Crippen molar-refractivity contribution >= 4 is 5.97 Å². The van der Waals surface area contributed by atoms with Gasteiger partial charge in [-0.3, -0.25) is 0 Å². The first-order valence-electron chi connectivity index (χ1n) is 6.85. The molecule has 0 radical (unpaired) electrons. The van der Waals surface area contributed by atoms with E-state index in [-0.39, 0.29) is 12.6 Å². The Balaban J connectivity index is 1.68. The zero-order chi connectivity index (χ0) is 14.7. The minimum atomic E-state index is -0.367. The van der Waals surface area contributed by atoms with Crippen LogP contribution in [0, 0.1) is 6.92 Å². The van der Waals surface area contributed by atoms with Gasteiger partial charge >= 0.3 is 5.97 Å². The molecule has 0 fully saturated rings. The van der Waals surface area contributed by atoms with Crippen molar-refractivity contribution < 1.29 is 19.0 Å². The summed E-state index contributed by atoms with van der Waals surface area (Å²) in [5, 5.41) is 0. The lowest BCUT2D eigenvalue weighted by Crippen LogP contribution is -2.16. The van der Waals surface area contributed by atoms with Crippen molar-refractivity contribution in [2.24, 2.45) is 0 Å². The van der Waals surface area contributed by atoms with Crippen LogP contribution in [0.5, 0.6) is 11.5 Å². The zero-order valence-electron chi connectivity index (χ0n) is 11.8. The summed E-state index contributed by atoms with van der Waals surface area (Å²) in [5.74, 6) is 0.885. The SMILES string of the molecule is Cc1cccc(COC(=O)c2ccc3c(c2)OCCO3)c1.